The van der Waals surface area contributed by atoms with E-state index in [1.165, 1.54) is 5.56 Å². The molecule has 0 aromatic heterocycles. The molecule has 1 aromatic rings. The van der Waals surface area contributed by atoms with Gasteiger partial charge < -0.3 is 11.1 Å². The molecule has 98 valence electrons. The molecule has 0 aliphatic carbocycles. The summed E-state index contributed by atoms with van der Waals surface area (Å²) in [6.45, 7) is 6.53. The van der Waals surface area contributed by atoms with Crippen LogP contribution in [0.25, 0.3) is 0 Å². The minimum atomic E-state index is 0. The molecule has 0 amide bonds. The van der Waals surface area contributed by atoms with Crippen molar-refractivity contribution in [2.45, 2.75) is 26.7 Å². The first kappa shape index (κ1) is 16.8. The van der Waals surface area contributed by atoms with E-state index in [9.17, 15) is 0 Å². The van der Waals surface area contributed by atoms with Crippen LogP contribution in [0.3, 0.4) is 0 Å². The first-order chi connectivity index (χ1) is 8.13. The number of nitrogens with two attached hydrogens (primary N) is 1. The summed E-state index contributed by atoms with van der Waals surface area (Å²) in [5.41, 5.74) is 7.98. The molecule has 18 heavy (non-hydrogen) atoms. The van der Waals surface area contributed by atoms with E-state index in [-0.39, 0.29) is 24.0 Å². The number of hydrogen-bond donors (Lipinski definition) is 2. The lowest BCUT2D eigenvalue weighted by atomic mass is 10.0. The highest BCUT2D eigenvalue weighted by Crippen LogP contribution is 2.18. The molecule has 0 saturated carbocycles. The number of benzene rings is 1. The average molecular weight is 357 g/mol. The van der Waals surface area contributed by atoms with Gasteiger partial charge >= 0.3 is 0 Å². The second kappa shape index (κ2) is 8.81. The van der Waals surface area contributed by atoms with E-state index < -0.39 is 0 Å². The molecule has 4 heteroatoms. The van der Waals surface area contributed by atoms with Gasteiger partial charge in [0.2, 0.25) is 0 Å². The Morgan fingerprint density at radius 3 is 2.78 bits per heavy atom. The van der Waals surface area contributed by atoms with Crippen molar-refractivity contribution in [1.29, 1.82) is 0 Å². The topological polar surface area (TPSA) is 50.4 Å². The van der Waals surface area contributed by atoms with Crippen LogP contribution in [-0.2, 0) is 0 Å². The third-order valence-electron chi connectivity index (χ3n) is 2.33. The Morgan fingerprint density at radius 2 is 2.17 bits per heavy atom. The van der Waals surface area contributed by atoms with Crippen LogP contribution in [-0.4, -0.2) is 12.5 Å². The SMILES string of the molecule is CC#CCN=C(N)Nc1cccc(C(C)C)c1.I. The minimum absolute atomic E-state index is 0. The minimum Gasteiger partial charge on any atom is -0.370 e. The third-order valence-corrected chi connectivity index (χ3v) is 2.33. The highest BCUT2D eigenvalue weighted by atomic mass is 127. The Morgan fingerprint density at radius 1 is 1.44 bits per heavy atom. The summed E-state index contributed by atoms with van der Waals surface area (Å²) < 4.78 is 0. The van der Waals surface area contributed by atoms with Crippen molar-refractivity contribution in [3.63, 3.8) is 0 Å². The summed E-state index contributed by atoms with van der Waals surface area (Å²) in [6, 6.07) is 8.17. The predicted octanol–water partition coefficient (Wildman–Crippen LogP) is 3.18. The van der Waals surface area contributed by atoms with E-state index in [4.69, 9.17) is 5.73 Å². The van der Waals surface area contributed by atoms with Gasteiger partial charge in [-0.2, -0.15) is 0 Å². The fraction of sp³-hybridized carbons (Fsp3) is 0.357. The quantitative estimate of drug-likeness (QED) is 0.378. The number of hydrogen-bond acceptors (Lipinski definition) is 1. The van der Waals surface area contributed by atoms with E-state index in [1.807, 2.05) is 12.1 Å². The summed E-state index contributed by atoms with van der Waals surface area (Å²) in [5, 5.41) is 3.06. The fourth-order valence-electron chi connectivity index (χ4n) is 1.37. The molecule has 0 spiro atoms. The zero-order chi connectivity index (χ0) is 12.7. The van der Waals surface area contributed by atoms with Gasteiger partial charge in [-0.25, -0.2) is 4.99 Å². The second-order valence-corrected chi connectivity index (χ2v) is 4.03. The molecule has 0 heterocycles. The number of nitrogens with zero attached hydrogens (tertiary/aromatic N) is 1. The second-order valence-electron chi connectivity index (χ2n) is 4.03. The molecule has 0 radical (unpaired) electrons. The third kappa shape index (κ3) is 5.92. The molecule has 0 saturated heterocycles. The maximum atomic E-state index is 5.74. The molecule has 0 aliphatic rings. The largest absolute Gasteiger partial charge is 0.370 e. The van der Waals surface area contributed by atoms with Crippen LogP contribution in [0.15, 0.2) is 29.3 Å². The lowest BCUT2D eigenvalue weighted by Crippen LogP contribution is -2.22. The highest BCUT2D eigenvalue weighted by Gasteiger charge is 2.00. The predicted molar refractivity (Wildman–Crippen MR) is 89.5 cm³/mol. The van der Waals surface area contributed by atoms with Crippen molar-refractivity contribution in [3.05, 3.63) is 29.8 Å². The van der Waals surface area contributed by atoms with Crippen molar-refractivity contribution in [3.8, 4) is 11.8 Å². The van der Waals surface area contributed by atoms with Crippen LogP contribution >= 0.6 is 24.0 Å². The molecular weight excluding hydrogens is 337 g/mol. The summed E-state index contributed by atoms with van der Waals surface area (Å²) in [4.78, 5) is 4.09. The first-order valence-electron chi connectivity index (χ1n) is 5.70. The van der Waals surface area contributed by atoms with Gasteiger partial charge in [0.1, 0.15) is 6.54 Å². The zero-order valence-electron chi connectivity index (χ0n) is 11.0. The number of nitrogens with one attached hydrogen (secondary N) is 1. The molecule has 0 unspecified atom stereocenters. The Hall–Kier alpha value is -1.22. The number of halogens is 1. The Labute approximate surface area is 126 Å². The van der Waals surface area contributed by atoms with Crippen molar-refractivity contribution >= 4 is 35.6 Å². The van der Waals surface area contributed by atoms with E-state index in [0.29, 0.717) is 18.4 Å². The summed E-state index contributed by atoms with van der Waals surface area (Å²) in [7, 11) is 0. The number of aliphatic imine (C=N–C) groups is 1. The molecule has 0 atom stereocenters. The van der Waals surface area contributed by atoms with Gasteiger partial charge in [-0.1, -0.05) is 31.9 Å². The van der Waals surface area contributed by atoms with Crippen LogP contribution in [0.1, 0.15) is 32.3 Å². The van der Waals surface area contributed by atoms with Crippen LogP contribution in [0, 0.1) is 11.8 Å². The molecule has 1 rings (SSSR count). The van der Waals surface area contributed by atoms with Crippen LogP contribution < -0.4 is 11.1 Å². The van der Waals surface area contributed by atoms with Crippen LogP contribution in [0.2, 0.25) is 0 Å². The maximum Gasteiger partial charge on any atom is 0.194 e. The molecule has 0 bridgehead atoms. The van der Waals surface area contributed by atoms with Crippen molar-refractivity contribution in [1.82, 2.24) is 0 Å². The summed E-state index contributed by atoms with van der Waals surface area (Å²) in [6.07, 6.45) is 0. The lowest BCUT2D eigenvalue weighted by Gasteiger charge is -2.09. The number of anilines is 1. The van der Waals surface area contributed by atoms with Crippen LogP contribution in [0.4, 0.5) is 5.69 Å². The normalized spacial score (nSPS) is 10.3. The molecule has 0 aliphatic heterocycles. The van der Waals surface area contributed by atoms with Gasteiger partial charge in [-0.15, -0.1) is 29.9 Å². The van der Waals surface area contributed by atoms with E-state index in [0.717, 1.165) is 5.69 Å². The fourth-order valence-corrected chi connectivity index (χ4v) is 1.37. The number of guanidine groups is 1. The van der Waals surface area contributed by atoms with Crippen molar-refractivity contribution < 1.29 is 0 Å². The van der Waals surface area contributed by atoms with Gasteiger partial charge in [0.25, 0.3) is 0 Å². The molecule has 3 nitrogen and oxygen atoms in total. The first-order valence-corrected chi connectivity index (χ1v) is 5.70. The van der Waals surface area contributed by atoms with Crippen molar-refractivity contribution in [2.24, 2.45) is 10.7 Å². The molecular formula is C14H20IN3. The smallest absolute Gasteiger partial charge is 0.194 e. The standard InChI is InChI=1S/C14H19N3.HI/c1-4-5-9-16-14(15)17-13-8-6-7-12(10-13)11(2)3;/h6-8,10-11H,9H2,1-3H3,(H3,15,16,17);1H. The summed E-state index contributed by atoms with van der Waals surface area (Å²) in [5.74, 6) is 6.51. The Bertz CT molecular complexity index is 456. The highest BCUT2D eigenvalue weighted by molar-refractivity contribution is 14.0. The molecule has 3 N–H and O–H groups in total. The van der Waals surface area contributed by atoms with Gasteiger partial charge in [0.05, 0.1) is 0 Å². The van der Waals surface area contributed by atoms with E-state index in [2.05, 4.69) is 48.1 Å². The summed E-state index contributed by atoms with van der Waals surface area (Å²) >= 11 is 0. The monoisotopic (exact) mass is 357 g/mol. The molecule has 0 fully saturated rings. The van der Waals surface area contributed by atoms with Gasteiger partial charge in [-0.05, 0) is 30.5 Å². The lowest BCUT2D eigenvalue weighted by molar-refractivity contribution is 0.867. The van der Waals surface area contributed by atoms with E-state index in [1.54, 1.807) is 6.92 Å². The van der Waals surface area contributed by atoms with Crippen molar-refractivity contribution in [2.75, 3.05) is 11.9 Å². The average Bonchev–Trinajstić information content (AvgIpc) is 2.29. The van der Waals surface area contributed by atoms with Gasteiger partial charge in [-0.3, -0.25) is 0 Å². The van der Waals surface area contributed by atoms with Crippen LogP contribution in [0.5, 0.6) is 0 Å². The zero-order valence-corrected chi connectivity index (χ0v) is 13.4. The Kier molecular flexibility index (Phi) is 8.21. The van der Waals surface area contributed by atoms with E-state index >= 15 is 0 Å². The Balaban J connectivity index is 0.00000289. The molecule has 1 aromatic carbocycles. The van der Waals surface area contributed by atoms with Gasteiger partial charge in [0, 0.05) is 5.69 Å². The number of rotatable bonds is 3. The van der Waals surface area contributed by atoms with Gasteiger partial charge in [0.15, 0.2) is 5.96 Å². The maximum absolute atomic E-state index is 5.74.